The summed E-state index contributed by atoms with van der Waals surface area (Å²) in [7, 11) is 0. The minimum atomic E-state index is -0.663. The Morgan fingerprint density at radius 2 is 2.00 bits per heavy atom. The average molecular weight is 255 g/mol. The third-order valence-electron chi connectivity index (χ3n) is 2.18. The molecule has 17 heavy (non-hydrogen) atoms. The Morgan fingerprint density at radius 1 is 1.29 bits per heavy atom. The Balaban J connectivity index is 2.64. The van der Waals surface area contributed by atoms with Crippen molar-refractivity contribution < 1.29 is 9.59 Å². The van der Waals surface area contributed by atoms with Crippen LogP contribution in [0.1, 0.15) is 18.9 Å². The van der Waals surface area contributed by atoms with Crippen LogP contribution in [-0.4, -0.2) is 18.4 Å². The van der Waals surface area contributed by atoms with E-state index in [0.29, 0.717) is 17.3 Å². The van der Waals surface area contributed by atoms with Crippen LogP contribution in [0.5, 0.6) is 0 Å². The van der Waals surface area contributed by atoms with Gasteiger partial charge in [-0.1, -0.05) is 18.5 Å². The van der Waals surface area contributed by atoms with Gasteiger partial charge in [-0.05, 0) is 37.1 Å². The first-order valence-electron chi connectivity index (χ1n) is 5.40. The number of carbonyl (C=O) groups is 2. The van der Waals surface area contributed by atoms with Gasteiger partial charge in [0.15, 0.2) is 0 Å². The first-order chi connectivity index (χ1) is 8.04. The van der Waals surface area contributed by atoms with Crippen molar-refractivity contribution in [2.75, 3.05) is 11.9 Å². The van der Waals surface area contributed by atoms with Crippen LogP contribution >= 0.6 is 11.6 Å². The van der Waals surface area contributed by atoms with Gasteiger partial charge in [-0.25, -0.2) is 0 Å². The van der Waals surface area contributed by atoms with Crippen LogP contribution in [0.25, 0.3) is 0 Å². The maximum absolute atomic E-state index is 11.5. The number of carbonyl (C=O) groups excluding carboxylic acids is 2. The lowest BCUT2D eigenvalue weighted by molar-refractivity contribution is -0.136. The predicted molar refractivity (Wildman–Crippen MR) is 68.1 cm³/mol. The van der Waals surface area contributed by atoms with Crippen LogP contribution in [0.2, 0.25) is 5.02 Å². The summed E-state index contributed by atoms with van der Waals surface area (Å²) in [6.07, 6.45) is 0.791. The van der Waals surface area contributed by atoms with Crippen molar-refractivity contribution in [3.63, 3.8) is 0 Å². The highest BCUT2D eigenvalue weighted by molar-refractivity contribution is 6.39. The van der Waals surface area contributed by atoms with Gasteiger partial charge in [0.1, 0.15) is 0 Å². The fourth-order valence-corrected chi connectivity index (χ4v) is 1.49. The first kappa shape index (κ1) is 13.5. The van der Waals surface area contributed by atoms with Gasteiger partial charge < -0.3 is 10.6 Å². The molecule has 1 aromatic rings. The lowest BCUT2D eigenvalue weighted by Gasteiger charge is -2.08. The van der Waals surface area contributed by atoms with Gasteiger partial charge in [-0.15, -0.1) is 0 Å². The molecule has 0 aliphatic rings. The maximum Gasteiger partial charge on any atom is 0.313 e. The van der Waals surface area contributed by atoms with Crippen molar-refractivity contribution >= 4 is 29.1 Å². The minimum absolute atomic E-state index is 0.492. The second-order valence-corrected chi connectivity index (χ2v) is 4.11. The maximum atomic E-state index is 11.5. The predicted octanol–water partition coefficient (Wildman–Crippen LogP) is 2.11. The minimum Gasteiger partial charge on any atom is -0.348 e. The van der Waals surface area contributed by atoms with Crippen molar-refractivity contribution in [1.29, 1.82) is 0 Å². The highest BCUT2D eigenvalue weighted by Crippen LogP contribution is 2.19. The molecule has 1 rings (SSSR count). The fourth-order valence-electron chi connectivity index (χ4n) is 1.27. The van der Waals surface area contributed by atoms with Gasteiger partial charge in [0.2, 0.25) is 0 Å². The van der Waals surface area contributed by atoms with Crippen molar-refractivity contribution in [3.05, 3.63) is 28.8 Å². The third-order valence-corrected chi connectivity index (χ3v) is 2.41. The summed E-state index contributed by atoms with van der Waals surface area (Å²) in [5, 5.41) is 5.64. The SMILES string of the molecule is CCCNC(=O)C(=O)Nc1ccc(Cl)cc1C. The zero-order chi connectivity index (χ0) is 12.8. The van der Waals surface area contributed by atoms with Crippen LogP contribution in [-0.2, 0) is 9.59 Å². The number of hydrogen-bond acceptors (Lipinski definition) is 2. The molecule has 0 bridgehead atoms. The Kier molecular flexibility index (Phi) is 4.97. The normalized spacial score (nSPS) is 9.82. The summed E-state index contributed by atoms with van der Waals surface area (Å²) in [6, 6.07) is 5.05. The second-order valence-electron chi connectivity index (χ2n) is 3.67. The highest BCUT2D eigenvalue weighted by Gasteiger charge is 2.13. The molecule has 0 unspecified atom stereocenters. The second kappa shape index (κ2) is 6.25. The van der Waals surface area contributed by atoms with E-state index in [9.17, 15) is 9.59 Å². The number of anilines is 1. The van der Waals surface area contributed by atoms with E-state index < -0.39 is 11.8 Å². The molecule has 0 saturated carbocycles. The monoisotopic (exact) mass is 254 g/mol. The molecule has 0 fully saturated rings. The Bertz CT molecular complexity index is 433. The molecule has 0 aromatic heterocycles. The molecule has 2 amide bonds. The van der Waals surface area contributed by atoms with Crippen LogP contribution in [0.3, 0.4) is 0 Å². The van der Waals surface area contributed by atoms with Gasteiger partial charge in [0, 0.05) is 17.3 Å². The molecule has 0 heterocycles. The van der Waals surface area contributed by atoms with E-state index in [1.165, 1.54) is 0 Å². The molecule has 2 N–H and O–H groups in total. The van der Waals surface area contributed by atoms with E-state index in [1.807, 2.05) is 13.8 Å². The summed E-state index contributed by atoms with van der Waals surface area (Å²) in [5.41, 5.74) is 1.40. The summed E-state index contributed by atoms with van der Waals surface area (Å²) < 4.78 is 0. The van der Waals surface area contributed by atoms with E-state index in [0.717, 1.165) is 12.0 Å². The lowest BCUT2D eigenvalue weighted by Crippen LogP contribution is -2.35. The Morgan fingerprint density at radius 3 is 2.59 bits per heavy atom. The van der Waals surface area contributed by atoms with Crippen LogP contribution in [0.15, 0.2) is 18.2 Å². The molecule has 0 saturated heterocycles. The van der Waals surface area contributed by atoms with Gasteiger partial charge in [-0.3, -0.25) is 9.59 Å². The average Bonchev–Trinajstić information content (AvgIpc) is 2.29. The van der Waals surface area contributed by atoms with Gasteiger partial charge >= 0.3 is 11.8 Å². The molecular formula is C12H15ClN2O2. The number of nitrogens with one attached hydrogen (secondary N) is 2. The highest BCUT2D eigenvalue weighted by atomic mass is 35.5. The van der Waals surface area contributed by atoms with Crippen molar-refractivity contribution in [3.8, 4) is 0 Å². The zero-order valence-corrected chi connectivity index (χ0v) is 10.6. The van der Waals surface area contributed by atoms with Crippen LogP contribution in [0.4, 0.5) is 5.69 Å². The molecule has 0 atom stereocenters. The number of aryl methyl sites for hydroxylation is 1. The largest absolute Gasteiger partial charge is 0.348 e. The summed E-state index contributed by atoms with van der Waals surface area (Å²) >= 11 is 5.79. The Labute approximate surface area is 105 Å². The molecule has 0 radical (unpaired) electrons. The quantitative estimate of drug-likeness (QED) is 0.812. The zero-order valence-electron chi connectivity index (χ0n) is 9.84. The van der Waals surface area contributed by atoms with Gasteiger partial charge in [-0.2, -0.15) is 0 Å². The number of hydrogen-bond donors (Lipinski definition) is 2. The van der Waals surface area contributed by atoms with Gasteiger partial charge in [0.25, 0.3) is 0 Å². The van der Waals surface area contributed by atoms with E-state index in [2.05, 4.69) is 10.6 Å². The standard InChI is InChI=1S/C12H15ClN2O2/c1-3-6-14-11(16)12(17)15-10-5-4-9(13)7-8(10)2/h4-5,7H,3,6H2,1-2H3,(H,14,16)(H,15,17). The van der Waals surface area contributed by atoms with E-state index in [1.54, 1.807) is 18.2 Å². The van der Waals surface area contributed by atoms with Crippen LogP contribution < -0.4 is 10.6 Å². The first-order valence-corrected chi connectivity index (χ1v) is 5.77. The molecular weight excluding hydrogens is 240 g/mol. The summed E-state index contributed by atoms with van der Waals surface area (Å²) in [4.78, 5) is 22.8. The topological polar surface area (TPSA) is 58.2 Å². The number of amides is 2. The number of benzene rings is 1. The molecule has 4 nitrogen and oxygen atoms in total. The smallest absolute Gasteiger partial charge is 0.313 e. The van der Waals surface area contributed by atoms with Crippen molar-refractivity contribution in [2.24, 2.45) is 0 Å². The Hall–Kier alpha value is -1.55. The molecule has 0 spiro atoms. The molecule has 0 aliphatic carbocycles. The van der Waals surface area contributed by atoms with E-state index in [-0.39, 0.29) is 0 Å². The lowest BCUT2D eigenvalue weighted by atomic mass is 10.2. The number of halogens is 1. The fraction of sp³-hybridized carbons (Fsp3) is 0.333. The van der Waals surface area contributed by atoms with Crippen LogP contribution in [0, 0.1) is 6.92 Å². The molecule has 0 aliphatic heterocycles. The van der Waals surface area contributed by atoms with E-state index in [4.69, 9.17) is 11.6 Å². The summed E-state index contributed by atoms with van der Waals surface area (Å²) in [5.74, 6) is -1.29. The third kappa shape index (κ3) is 4.07. The molecule has 5 heteroatoms. The van der Waals surface area contributed by atoms with Crippen molar-refractivity contribution in [1.82, 2.24) is 5.32 Å². The molecule has 92 valence electrons. The number of rotatable bonds is 3. The van der Waals surface area contributed by atoms with Gasteiger partial charge in [0.05, 0.1) is 0 Å². The van der Waals surface area contributed by atoms with E-state index >= 15 is 0 Å². The van der Waals surface area contributed by atoms with Crippen molar-refractivity contribution in [2.45, 2.75) is 20.3 Å². The summed E-state index contributed by atoms with van der Waals surface area (Å²) in [6.45, 7) is 4.22. The molecule has 1 aromatic carbocycles.